The molecule has 1 fully saturated rings. The Morgan fingerprint density at radius 2 is 1.85 bits per heavy atom. The first-order valence-electron chi connectivity index (χ1n) is 7.10. The largest absolute Gasteiger partial charge is 0.459 e. The fourth-order valence-electron chi connectivity index (χ4n) is 2.80. The van der Waals surface area contributed by atoms with Gasteiger partial charge in [0.15, 0.2) is 0 Å². The second-order valence-electron chi connectivity index (χ2n) is 5.80. The Morgan fingerprint density at radius 3 is 2.45 bits per heavy atom. The average molecular weight is 277 g/mol. The van der Waals surface area contributed by atoms with Gasteiger partial charge in [0, 0.05) is 18.5 Å². The van der Waals surface area contributed by atoms with Gasteiger partial charge in [-0.25, -0.2) is 4.79 Å². The lowest BCUT2D eigenvalue weighted by atomic mass is 10.0. The Bertz CT molecular complexity index is 503. The van der Waals surface area contributed by atoms with Crippen LogP contribution >= 0.6 is 0 Å². The number of ether oxygens (including phenoxy) is 2. The quantitative estimate of drug-likeness (QED) is 0.667. The Hall–Kier alpha value is -1.55. The van der Waals surface area contributed by atoms with Gasteiger partial charge >= 0.3 is 5.97 Å². The molecule has 1 aliphatic heterocycles. The van der Waals surface area contributed by atoms with Gasteiger partial charge in [-0.3, -0.25) is 0 Å². The molecule has 4 nitrogen and oxygen atoms in total. The number of benzene rings is 1. The zero-order valence-electron chi connectivity index (χ0n) is 12.6. The van der Waals surface area contributed by atoms with Crippen LogP contribution in [0.2, 0.25) is 0 Å². The van der Waals surface area contributed by atoms with Gasteiger partial charge in [-0.15, -0.1) is 0 Å². The van der Waals surface area contributed by atoms with Crippen LogP contribution in [0, 0.1) is 13.8 Å². The summed E-state index contributed by atoms with van der Waals surface area (Å²) in [6.45, 7) is 7.85. The zero-order valence-corrected chi connectivity index (χ0v) is 12.6. The molecule has 1 aromatic carbocycles. The molecule has 110 valence electrons. The molecule has 0 saturated carbocycles. The van der Waals surface area contributed by atoms with Crippen molar-refractivity contribution >= 4 is 11.7 Å². The van der Waals surface area contributed by atoms with Gasteiger partial charge in [-0.05, 0) is 44.9 Å². The summed E-state index contributed by atoms with van der Waals surface area (Å²) < 4.78 is 11.3. The number of esters is 1. The highest BCUT2D eigenvalue weighted by Gasteiger charge is 2.28. The average Bonchev–Trinajstić information content (AvgIpc) is 2.32. The minimum absolute atomic E-state index is 0.0959. The third kappa shape index (κ3) is 3.31. The minimum Gasteiger partial charge on any atom is -0.459 e. The summed E-state index contributed by atoms with van der Waals surface area (Å²) in [6.07, 6.45) is 1.62. The van der Waals surface area contributed by atoms with Crippen LogP contribution in [-0.2, 0) is 9.47 Å². The Kier molecular flexibility index (Phi) is 4.33. The topological polar surface area (TPSA) is 61.6 Å². The summed E-state index contributed by atoms with van der Waals surface area (Å²) in [5, 5.41) is 0. The minimum atomic E-state index is -0.333. The van der Waals surface area contributed by atoms with Crippen LogP contribution in [0.4, 0.5) is 5.69 Å². The van der Waals surface area contributed by atoms with E-state index in [9.17, 15) is 4.79 Å². The molecule has 20 heavy (non-hydrogen) atoms. The lowest BCUT2D eigenvalue weighted by molar-refractivity contribution is -0.0855. The van der Waals surface area contributed by atoms with E-state index in [1.54, 1.807) is 6.07 Å². The predicted octanol–water partition coefficient (Wildman–Crippen LogP) is 3.00. The molecule has 1 aromatic rings. The van der Waals surface area contributed by atoms with Crippen molar-refractivity contribution in [2.75, 3.05) is 5.73 Å². The number of carbonyl (C=O) groups excluding carboxylic acids is 1. The lowest BCUT2D eigenvalue weighted by Gasteiger charge is -2.31. The molecule has 4 heteroatoms. The first-order valence-corrected chi connectivity index (χ1v) is 7.10. The summed E-state index contributed by atoms with van der Waals surface area (Å²) in [5.41, 5.74) is 8.88. The molecule has 1 heterocycles. The van der Waals surface area contributed by atoms with Crippen molar-refractivity contribution in [2.45, 2.75) is 58.8 Å². The van der Waals surface area contributed by atoms with Crippen molar-refractivity contribution in [1.82, 2.24) is 0 Å². The Balaban J connectivity index is 2.12. The standard InChI is InChI=1S/C16H23NO3/c1-9-5-10(2)15(17)14(6-9)16(18)20-13-7-11(3)19-12(4)8-13/h5-6,11-13H,7-8,17H2,1-4H3. The fourth-order valence-corrected chi connectivity index (χ4v) is 2.80. The van der Waals surface area contributed by atoms with Crippen LogP contribution < -0.4 is 5.73 Å². The van der Waals surface area contributed by atoms with Crippen LogP contribution in [-0.4, -0.2) is 24.3 Å². The third-order valence-corrected chi connectivity index (χ3v) is 3.68. The zero-order chi connectivity index (χ0) is 14.9. The number of carbonyl (C=O) groups is 1. The van der Waals surface area contributed by atoms with E-state index in [0.29, 0.717) is 11.3 Å². The first kappa shape index (κ1) is 14.9. The van der Waals surface area contributed by atoms with Crippen molar-refractivity contribution in [1.29, 1.82) is 0 Å². The van der Waals surface area contributed by atoms with Crippen molar-refractivity contribution < 1.29 is 14.3 Å². The number of hydrogen-bond donors (Lipinski definition) is 1. The van der Waals surface area contributed by atoms with Crippen LogP contribution in [0.3, 0.4) is 0 Å². The van der Waals surface area contributed by atoms with E-state index in [2.05, 4.69) is 0 Å². The summed E-state index contributed by atoms with van der Waals surface area (Å²) >= 11 is 0. The molecule has 0 spiro atoms. The molecule has 2 N–H and O–H groups in total. The van der Waals surface area contributed by atoms with Gasteiger partial charge in [0.25, 0.3) is 0 Å². The van der Waals surface area contributed by atoms with Crippen molar-refractivity contribution in [3.63, 3.8) is 0 Å². The molecule has 2 unspecified atom stereocenters. The number of nitrogens with two attached hydrogens (primary N) is 1. The van der Waals surface area contributed by atoms with E-state index in [4.69, 9.17) is 15.2 Å². The van der Waals surface area contributed by atoms with Crippen LogP contribution in [0.1, 0.15) is 48.2 Å². The number of anilines is 1. The normalized spacial score (nSPS) is 26.3. The second kappa shape index (κ2) is 5.83. The molecule has 0 bridgehead atoms. The summed E-state index contributed by atoms with van der Waals surface area (Å²) in [5.74, 6) is -0.333. The van der Waals surface area contributed by atoms with E-state index >= 15 is 0 Å². The van der Waals surface area contributed by atoms with Crippen LogP contribution in [0.25, 0.3) is 0 Å². The summed E-state index contributed by atoms with van der Waals surface area (Å²) in [6, 6.07) is 3.75. The molecule has 0 aliphatic carbocycles. The number of nitrogen functional groups attached to an aromatic ring is 1. The Labute approximate surface area is 120 Å². The highest BCUT2D eigenvalue weighted by Crippen LogP contribution is 2.25. The molecular weight excluding hydrogens is 254 g/mol. The van der Waals surface area contributed by atoms with E-state index < -0.39 is 0 Å². The van der Waals surface area contributed by atoms with E-state index in [1.165, 1.54) is 0 Å². The summed E-state index contributed by atoms with van der Waals surface area (Å²) in [7, 11) is 0. The van der Waals surface area contributed by atoms with Crippen LogP contribution in [0.5, 0.6) is 0 Å². The van der Waals surface area contributed by atoms with Crippen molar-refractivity contribution in [3.8, 4) is 0 Å². The van der Waals surface area contributed by atoms with Crippen LogP contribution in [0.15, 0.2) is 12.1 Å². The third-order valence-electron chi connectivity index (χ3n) is 3.68. The SMILES string of the molecule is Cc1cc(C)c(N)c(C(=O)OC2CC(C)OC(C)C2)c1. The maximum atomic E-state index is 12.3. The van der Waals surface area contributed by atoms with Gasteiger partial charge in [0.1, 0.15) is 6.10 Å². The van der Waals surface area contributed by atoms with Gasteiger partial charge in [0.05, 0.1) is 17.8 Å². The molecular formula is C16H23NO3. The molecule has 1 saturated heterocycles. The molecule has 0 aromatic heterocycles. The molecule has 0 amide bonds. The number of hydrogen-bond acceptors (Lipinski definition) is 4. The number of rotatable bonds is 2. The molecule has 1 aliphatic rings. The van der Waals surface area contributed by atoms with Crippen molar-refractivity contribution in [2.24, 2.45) is 0 Å². The number of aryl methyl sites for hydroxylation is 2. The predicted molar refractivity (Wildman–Crippen MR) is 78.8 cm³/mol. The second-order valence-corrected chi connectivity index (χ2v) is 5.80. The van der Waals surface area contributed by atoms with E-state index in [1.807, 2.05) is 33.8 Å². The molecule has 2 atom stereocenters. The van der Waals surface area contributed by atoms with Gasteiger partial charge in [-0.2, -0.15) is 0 Å². The van der Waals surface area contributed by atoms with Gasteiger partial charge in [0.2, 0.25) is 0 Å². The summed E-state index contributed by atoms with van der Waals surface area (Å²) in [4.78, 5) is 12.3. The maximum absolute atomic E-state index is 12.3. The molecule has 2 rings (SSSR count). The first-order chi connectivity index (χ1) is 9.36. The van der Waals surface area contributed by atoms with Gasteiger partial charge in [-0.1, -0.05) is 6.07 Å². The highest BCUT2D eigenvalue weighted by molar-refractivity contribution is 5.96. The van der Waals surface area contributed by atoms with E-state index in [0.717, 1.165) is 24.0 Å². The Morgan fingerprint density at radius 1 is 1.25 bits per heavy atom. The maximum Gasteiger partial charge on any atom is 0.340 e. The fraction of sp³-hybridized carbons (Fsp3) is 0.562. The highest BCUT2D eigenvalue weighted by atomic mass is 16.6. The smallest absolute Gasteiger partial charge is 0.340 e. The monoisotopic (exact) mass is 277 g/mol. The molecule has 0 radical (unpaired) electrons. The van der Waals surface area contributed by atoms with Crippen molar-refractivity contribution in [3.05, 3.63) is 28.8 Å². The van der Waals surface area contributed by atoms with Gasteiger partial charge < -0.3 is 15.2 Å². The van der Waals surface area contributed by atoms with E-state index in [-0.39, 0.29) is 24.3 Å². The lowest BCUT2D eigenvalue weighted by Crippen LogP contribution is -2.35.